The van der Waals surface area contributed by atoms with Crippen LogP contribution in [0.1, 0.15) is 12.5 Å². The van der Waals surface area contributed by atoms with E-state index < -0.39 is 0 Å². The molecule has 1 rings (SSSR count). The maximum absolute atomic E-state index is 5.61. The van der Waals surface area contributed by atoms with E-state index in [9.17, 15) is 0 Å². The summed E-state index contributed by atoms with van der Waals surface area (Å²) < 4.78 is 0. The quantitative estimate of drug-likeness (QED) is 0.643. The van der Waals surface area contributed by atoms with Crippen molar-refractivity contribution in [1.29, 1.82) is 0 Å². The topological polar surface area (TPSA) is 26.0 Å². The largest absolute Gasteiger partial charge is 1.00 e. The van der Waals surface area contributed by atoms with Gasteiger partial charge >= 0.3 is 22.4 Å². The Kier molecular flexibility index (Phi) is 5.52. The van der Waals surface area contributed by atoms with Crippen LogP contribution in [0.25, 0.3) is 0 Å². The Morgan fingerprint density at radius 2 is 2.00 bits per heavy atom. The molecule has 0 saturated carbocycles. The van der Waals surface area contributed by atoms with Crippen molar-refractivity contribution in [3.8, 4) is 0 Å². The molecule has 0 aliphatic carbocycles. The summed E-state index contributed by atoms with van der Waals surface area (Å²) in [5.74, 6) is 0. The van der Waals surface area contributed by atoms with Crippen molar-refractivity contribution in [3.05, 3.63) is 35.9 Å². The summed E-state index contributed by atoms with van der Waals surface area (Å²) in [4.78, 5) is 0. The Hall–Kier alpha value is -0.0797. The van der Waals surface area contributed by atoms with E-state index in [1.54, 1.807) is 0 Å². The second-order valence-electron chi connectivity index (χ2n) is 2.59. The number of nitrogens with two attached hydrogens (primary N) is 1. The molecule has 0 radical (unpaired) electrons. The summed E-state index contributed by atoms with van der Waals surface area (Å²) >= 11 is 0. The molecule has 0 aliphatic rings. The van der Waals surface area contributed by atoms with Gasteiger partial charge in [-0.3, -0.25) is 0 Å². The van der Waals surface area contributed by atoms with E-state index in [0.29, 0.717) is 0 Å². The monoisotopic (exact) mass is 331 g/mol. The molecule has 0 saturated heterocycles. The van der Waals surface area contributed by atoms with Gasteiger partial charge in [0.15, 0.2) is 0 Å². The van der Waals surface area contributed by atoms with Crippen LogP contribution >= 0.6 is 0 Å². The molecule has 64 valence electrons. The number of hydrogen-bond acceptors (Lipinski definition) is 1. The fourth-order valence-corrected chi connectivity index (χ4v) is 0.929. The Morgan fingerprint density at radius 1 is 1.45 bits per heavy atom. The average molecular weight is 331 g/mol. The van der Waals surface area contributed by atoms with E-state index >= 15 is 0 Å². The maximum atomic E-state index is 5.61. The molecule has 0 bridgehead atoms. The molecule has 0 amide bonds. The van der Waals surface area contributed by atoms with Gasteiger partial charge in [0.2, 0.25) is 0 Å². The van der Waals surface area contributed by atoms with Crippen molar-refractivity contribution in [2.75, 3.05) is 0 Å². The fraction of sp³-hybridized carbons (Fsp3) is 0.333. The van der Waals surface area contributed by atoms with Crippen LogP contribution in [0.2, 0.25) is 0 Å². The second-order valence-corrected chi connectivity index (χ2v) is 2.59. The second kappa shape index (κ2) is 5.56. The van der Waals surface area contributed by atoms with Gasteiger partial charge in [0.05, 0.1) is 0 Å². The maximum Gasteiger partial charge on any atom is 1.00 e. The number of rotatable bonds is 2. The molecule has 1 aromatic rings. The van der Waals surface area contributed by atoms with Crippen LogP contribution in [0.5, 0.6) is 0 Å². The molecule has 0 aliphatic heterocycles. The van der Waals surface area contributed by atoms with Gasteiger partial charge in [0, 0.05) is 6.04 Å². The third-order valence-electron chi connectivity index (χ3n) is 1.34. The molecule has 11 heavy (non-hydrogen) atoms. The molecule has 1 nitrogen and oxygen atoms in total. The predicted octanol–water partition coefficient (Wildman–Crippen LogP) is 1.37. The third-order valence-corrected chi connectivity index (χ3v) is 1.34. The van der Waals surface area contributed by atoms with E-state index in [1.807, 2.05) is 31.2 Å². The molecule has 2 heteroatoms. The van der Waals surface area contributed by atoms with Crippen LogP contribution < -0.4 is 5.73 Å². The first-order valence-corrected chi connectivity index (χ1v) is 3.49. The van der Waals surface area contributed by atoms with Gasteiger partial charge < -0.3 is 5.73 Å². The smallest absolute Gasteiger partial charge is 0.328 e. The van der Waals surface area contributed by atoms with Gasteiger partial charge in [-0.2, -0.15) is 35.9 Å². The number of benzene rings is 1. The van der Waals surface area contributed by atoms with Crippen molar-refractivity contribution in [2.45, 2.75) is 19.4 Å². The Balaban J connectivity index is 0.000001000. The first-order valence-electron chi connectivity index (χ1n) is 3.49. The zero-order chi connectivity index (χ0) is 7.40. The summed E-state index contributed by atoms with van der Waals surface area (Å²) in [7, 11) is 0. The van der Waals surface area contributed by atoms with Gasteiger partial charge in [-0.15, -0.1) is 0 Å². The third kappa shape index (κ3) is 4.38. The van der Waals surface area contributed by atoms with E-state index in [2.05, 4.69) is 6.07 Å². The van der Waals surface area contributed by atoms with Gasteiger partial charge in [-0.05, 0) is 13.3 Å². The fourth-order valence-electron chi connectivity index (χ4n) is 0.929. The number of hydrogen-bond donors (Lipinski definition) is 1. The Labute approximate surface area is 83.5 Å². The standard InChI is InChI=1S/C9H12N.Au/c1-8(10)7-9-5-3-2-4-6-9;/h3-6,8H,7,10H2,1H3;/q-1;+1. The predicted molar refractivity (Wildman–Crippen MR) is 42.6 cm³/mol. The summed E-state index contributed by atoms with van der Waals surface area (Å²) in [6.45, 7) is 2.01. The zero-order valence-corrected chi connectivity index (χ0v) is 8.64. The van der Waals surface area contributed by atoms with Crippen LogP contribution in [0.3, 0.4) is 0 Å². The first-order chi connectivity index (χ1) is 4.79. The molecule has 0 aromatic heterocycles. The van der Waals surface area contributed by atoms with Gasteiger partial charge in [-0.1, -0.05) is 0 Å². The van der Waals surface area contributed by atoms with Crippen molar-refractivity contribution >= 4 is 0 Å². The Morgan fingerprint density at radius 3 is 2.45 bits per heavy atom. The van der Waals surface area contributed by atoms with E-state index in [-0.39, 0.29) is 28.4 Å². The molecule has 1 aromatic carbocycles. The molecule has 1 atom stereocenters. The van der Waals surface area contributed by atoms with Crippen LogP contribution in [0.4, 0.5) is 0 Å². The van der Waals surface area contributed by atoms with E-state index in [0.717, 1.165) is 6.42 Å². The van der Waals surface area contributed by atoms with Gasteiger partial charge in [0.25, 0.3) is 0 Å². The minimum absolute atomic E-state index is 0. The van der Waals surface area contributed by atoms with Crippen LogP contribution in [0.15, 0.2) is 24.3 Å². The van der Waals surface area contributed by atoms with Crippen LogP contribution in [0, 0.1) is 6.07 Å². The minimum atomic E-state index is 0. The zero-order valence-electron chi connectivity index (χ0n) is 6.47. The molecular weight excluding hydrogens is 319 g/mol. The molecule has 0 heterocycles. The Bertz CT molecular complexity index is 184. The van der Waals surface area contributed by atoms with Crippen LogP contribution in [-0.4, -0.2) is 6.04 Å². The van der Waals surface area contributed by atoms with E-state index in [1.165, 1.54) is 5.56 Å². The summed E-state index contributed by atoms with van der Waals surface area (Å²) in [5.41, 5.74) is 6.90. The summed E-state index contributed by atoms with van der Waals surface area (Å²) in [6, 6.07) is 11.1. The van der Waals surface area contributed by atoms with Gasteiger partial charge in [0.1, 0.15) is 0 Å². The summed E-state index contributed by atoms with van der Waals surface area (Å²) in [5, 5.41) is 0. The molecule has 0 spiro atoms. The first kappa shape index (κ1) is 10.9. The molecule has 0 fully saturated rings. The minimum Gasteiger partial charge on any atom is -0.328 e. The van der Waals surface area contributed by atoms with Crippen molar-refractivity contribution in [2.24, 2.45) is 5.73 Å². The van der Waals surface area contributed by atoms with Crippen molar-refractivity contribution in [1.82, 2.24) is 0 Å². The summed E-state index contributed by atoms with van der Waals surface area (Å²) in [6.07, 6.45) is 0.953. The van der Waals surface area contributed by atoms with Gasteiger partial charge in [-0.25, -0.2) is 0 Å². The van der Waals surface area contributed by atoms with Crippen molar-refractivity contribution in [3.63, 3.8) is 0 Å². The normalized spacial score (nSPS) is 11.8. The molecule has 1 unspecified atom stereocenters. The molecular formula is C9H12AuN. The SMILES string of the molecule is CC(N)Cc1cc[c-]cc1.[Au+]. The molecule has 2 N–H and O–H groups in total. The van der Waals surface area contributed by atoms with E-state index in [4.69, 9.17) is 5.73 Å². The average Bonchev–Trinajstić information content (AvgIpc) is 1.88. The van der Waals surface area contributed by atoms with Crippen LogP contribution in [-0.2, 0) is 28.8 Å². The van der Waals surface area contributed by atoms with Crippen molar-refractivity contribution < 1.29 is 22.4 Å².